The Morgan fingerprint density at radius 1 is 1.46 bits per heavy atom. The highest BCUT2D eigenvalue weighted by Gasteiger charge is 2.27. The molecule has 0 aromatic carbocycles. The van der Waals surface area contributed by atoms with Gasteiger partial charge in [0.05, 0.1) is 0 Å². The molecule has 1 heterocycles. The van der Waals surface area contributed by atoms with Crippen molar-refractivity contribution in [1.29, 1.82) is 0 Å². The Hall–Kier alpha value is -1.10. The summed E-state index contributed by atoms with van der Waals surface area (Å²) in [5.41, 5.74) is 1.35. The van der Waals surface area contributed by atoms with Gasteiger partial charge >= 0.3 is 11.8 Å². The van der Waals surface area contributed by atoms with Crippen LogP contribution in [0.15, 0.2) is 0 Å². The van der Waals surface area contributed by atoms with E-state index in [0.717, 1.165) is 19.3 Å². The average molecular weight is 186 g/mol. The number of carbonyl (C=O) groups is 2. The zero-order valence-electron chi connectivity index (χ0n) is 7.62. The lowest BCUT2D eigenvalue weighted by molar-refractivity contribution is -0.152. The predicted molar refractivity (Wildman–Crippen MR) is 45.0 cm³/mol. The van der Waals surface area contributed by atoms with Crippen molar-refractivity contribution in [2.75, 3.05) is 6.54 Å². The van der Waals surface area contributed by atoms with Gasteiger partial charge in [-0.1, -0.05) is 0 Å². The highest BCUT2D eigenvalue weighted by molar-refractivity contribution is 6.34. The summed E-state index contributed by atoms with van der Waals surface area (Å²) in [4.78, 5) is 23.6. The molecule has 1 aliphatic rings. The van der Waals surface area contributed by atoms with Crippen LogP contribution in [0, 0.1) is 0 Å². The lowest BCUT2D eigenvalue weighted by Crippen LogP contribution is -2.48. The second-order valence-corrected chi connectivity index (χ2v) is 3.28. The van der Waals surface area contributed by atoms with E-state index in [1.165, 1.54) is 10.4 Å². The number of piperidine rings is 1. The quantitative estimate of drug-likeness (QED) is 0.315. The van der Waals surface area contributed by atoms with E-state index >= 15 is 0 Å². The number of carbonyl (C=O) groups excluding carboxylic acids is 2. The fourth-order valence-electron chi connectivity index (χ4n) is 1.58. The fraction of sp³-hybridized carbons (Fsp3) is 0.750. The maximum absolute atomic E-state index is 11.3. The number of nitrogens with one attached hydrogen (secondary N) is 1. The molecule has 13 heavy (non-hydrogen) atoms. The molecule has 74 valence electrons. The van der Waals surface area contributed by atoms with Gasteiger partial charge in [-0.15, -0.1) is 0 Å². The minimum absolute atomic E-state index is 0.0959. The van der Waals surface area contributed by atoms with Gasteiger partial charge in [-0.3, -0.25) is 14.8 Å². The van der Waals surface area contributed by atoms with Gasteiger partial charge in [-0.25, -0.2) is 5.48 Å². The number of hydrogen-bond donors (Lipinski definition) is 2. The molecular formula is C8H14N2O3. The molecule has 2 N–H and O–H groups in total. The lowest BCUT2D eigenvalue weighted by atomic mass is 10.0. The molecule has 0 aromatic heterocycles. The normalized spacial score (nSPS) is 22.6. The van der Waals surface area contributed by atoms with Crippen molar-refractivity contribution in [3.8, 4) is 0 Å². The van der Waals surface area contributed by atoms with Gasteiger partial charge in [0.2, 0.25) is 0 Å². The molecule has 1 rings (SSSR count). The maximum Gasteiger partial charge on any atom is 0.332 e. The molecule has 0 aliphatic carbocycles. The van der Waals surface area contributed by atoms with Crippen LogP contribution in [-0.2, 0) is 9.59 Å². The van der Waals surface area contributed by atoms with E-state index in [4.69, 9.17) is 5.21 Å². The summed E-state index contributed by atoms with van der Waals surface area (Å²) in [6, 6.07) is 0.0959. The average Bonchev–Trinajstić information content (AvgIpc) is 2.16. The smallest absolute Gasteiger partial charge is 0.332 e. The molecule has 0 aromatic rings. The van der Waals surface area contributed by atoms with Crippen molar-refractivity contribution < 1.29 is 14.8 Å². The van der Waals surface area contributed by atoms with E-state index in [-0.39, 0.29) is 6.04 Å². The van der Waals surface area contributed by atoms with Crippen molar-refractivity contribution in [2.45, 2.75) is 32.2 Å². The van der Waals surface area contributed by atoms with Gasteiger partial charge in [0.15, 0.2) is 0 Å². The Balaban J connectivity index is 2.58. The third kappa shape index (κ3) is 2.18. The molecule has 5 heteroatoms. The zero-order valence-corrected chi connectivity index (χ0v) is 7.62. The summed E-state index contributed by atoms with van der Waals surface area (Å²) in [6.45, 7) is 2.51. The van der Waals surface area contributed by atoms with Gasteiger partial charge in [0.1, 0.15) is 0 Å². The van der Waals surface area contributed by atoms with Crippen molar-refractivity contribution in [2.24, 2.45) is 0 Å². The molecule has 5 nitrogen and oxygen atoms in total. The van der Waals surface area contributed by atoms with E-state index in [1.807, 2.05) is 6.92 Å². The van der Waals surface area contributed by atoms with Crippen LogP contribution in [0.3, 0.4) is 0 Å². The van der Waals surface area contributed by atoms with Crippen LogP contribution in [0.4, 0.5) is 0 Å². The topological polar surface area (TPSA) is 69.6 Å². The van der Waals surface area contributed by atoms with Crippen LogP contribution >= 0.6 is 0 Å². The summed E-state index contributed by atoms with van der Waals surface area (Å²) < 4.78 is 0. The fourth-order valence-corrected chi connectivity index (χ4v) is 1.58. The Labute approximate surface area is 76.7 Å². The minimum Gasteiger partial charge on any atom is -0.332 e. The number of likely N-dealkylation sites (tertiary alicyclic amines) is 1. The summed E-state index contributed by atoms with van der Waals surface area (Å²) >= 11 is 0. The predicted octanol–water partition coefficient (Wildman–Crippen LogP) is -0.107. The first-order valence-electron chi connectivity index (χ1n) is 4.42. The number of nitrogens with zero attached hydrogens (tertiary/aromatic N) is 1. The Morgan fingerprint density at radius 3 is 2.69 bits per heavy atom. The third-order valence-electron chi connectivity index (χ3n) is 2.36. The van der Waals surface area contributed by atoms with Crippen molar-refractivity contribution in [1.82, 2.24) is 10.4 Å². The first kappa shape index (κ1) is 9.98. The lowest BCUT2D eigenvalue weighted by Gasteiger charge is -2.32. The second kappa shape index (κ2) is 4.23. The minimum atomic E-state index is -0.950. The van der Waals surface area contributed by atoms with Crippen LogP contribution in [-0.4, -0.2) is 34.5 Å². The zero-order chi connectivity index (χ0) is 9.84. The Kier molecular flexibility index (Phi) is 3.25. The van der Waals surface area contributed by atoms with Gasteiger partial charge < -0.3 is 4.90 Å². The van der Waals surface area contributed by atoms with E-state index in [2.05, 4.69) is 0 Å². The van der Waals surface area contributed by atoms with E-state index < -0.39 is 11.8 Å². The highest BCUT2D eigenvalue weighted by atomic mass is 16.5. The molecule has 1 atom stereocenters. The number of hydrogen-bond acceptors (Lipinski definition) is 3. The van der Waals surface area contributed by atoms with E-state index in [0.29, 0.717) is 6.54 Å². The molecule has 0 radical (unpaired) electrons. The molecule has 1 aliphatic heterocycles. The monoisotopic (exact) mass is 186 g/mol. The van der Waals surface area contributed by atoms with Crippen LogP contribution in [0.5, 0.6) is 0 Å². The number of amides is 2. The first-order valence-corrected chi connectivity index (χ1v) is 4.42. The molecule has 0 spiro atoms. The van der Waals surface area contributed by atoms with Gasteiger partial charge in [0, 0.05) is 12.6 Å². The summed E-state index contributed by atoms with van der Waals surface area (Å²) in [7, 11) is 0. The van der Waals surface area contributed by atoms with Gasteiger partial charge in [0.25, 0.3) is 0 Å². The Bertz CT molecular complexity index is 217. The molecular weight excluding hydrogens is 172 g/mol. The molecule has 1 fully saturated rings. The van der Waals surface area contributed by atoms with Crippen molar-refractivity contribution >= 4 is 11.8 Å². The summed E-state index contributed by atoms with van der Waals surface area (Å²) in [5, 5.41) is 8.28. The van der Waals surface area contributed by atoms with Gasteiger partial charge in [-0.2, -0.15) is 0 Å². The molecule has 2 amide bonds. The SMILES string of the molecule is CC1CCCCN1C(=O)C(=O)NO. The molecule has 1 unspecified atom stereocenters. The number of hydroxylamine groups is 1. The van der Waals surface area contributed by atoms with Crippen LogP contribution < -0.4 is 5.48 Å². The van der Waals surface area contributed by atoms with E-state index in [1.54, 1.807) is 0 Å². The van der Waals surface area contributed by atoms with Crippen molar-refractivity contribution in [3.63, 3.8) is 0 Å². The first-order chi connectivity index (χ1) is 6.16. The summed E-state index contributed by atoms with van der Waals surface area (Å²) in [5.74, 6) is -1.59. The van der Waals surface area contributed by atoms with Crippen molar-refractivity contribution in [3.05, 3.63) is 0 Å². The largest absolute Gasteiger partial charge is 0.332 e. The maximum atomic E-state index is 11.3. The molecule has 0 bridgehead atoms. The van der Waals surface area contributed by atoms with Crippen LogP contribution in [0.1, 0.15) is 26.2 Å². The Morgan fingerprint density at radius 2 is 2.15 bits per heavy atom. The standard InChI is InChI=1S/C8H14N2O3/c1-6-4-2-3-5-10(6)8(12)7(11)9-13/h6,13H,2-5H2,1H3,(H,9,11). The third-order valence-corrected chi connectivity index (χ3v) is 2.36. The number of rotatable bonds is 0. The second-order valence-electron chi connectivity index (χ2n) is 3.28. The highest BCUT2D eigenvalue weighted by Crippen LogP contribution is 2.16. The molecule has 0 saturated carbocycles. The van der Waals surface area contributed by atoms with E-state index in [9.17, 15) is 9.59 Å². The molecule has 1 saturated heterocycles. The van der Waals surface area contributed by atoms with Crippen LogP contribution in [0.25, 0.3) is 0 Å². The van der Waals surface area contributed by atoms with Crippen LogP contribution in [0.2, 0.25) is 0 Å². The summed E-state index contributed by atoms with van der Waals surface area (Å²) in [6.07, 6.45) is 2.94. The van der Waals surface area contributed by atoms with Gasteiger partial charge in [-0.05, 0) is 26.2 Å².